The number of ether oxygens (including phenoxy) is 2. The Labute approximate surface area is 243 Å². The molecular formula is C32H45N3O6. The zero-order valence-electron chi connectivity index (χ0n) is 24.7. The lowest BCUT2D eigenvalue weighted by Crippen LogP contribution is -2.57. The second-order valence-corrected chi connectivity index (χ2v) is 11.4. The molecule has 3 amide bonds. The maximum atomic E-state index is 14.3. The summed E-state index contributed by atoms with van der Waals surface area (Å²) in [5.41, 5.74) is -0.366. The van der Waals surface area contributed by atoms with Crippen LogP contribution >= 0.6 is 0 Å². The molecule has 4 rings (SSSR count). The van der Waals surface area contributed by atoms with Crippen LogP contribution in [0.25, 0.3) is 0 Å². The topological polar surface area (TPSA) is 99.6 Å². The highest BCUT2D eigenvalue weighted by molar-refractivity contribution is 6.03. The van der Waals surface area contributed by atoms with Gasteiger partial charge in [-0.05, 0) is 77.1 Å². The molecule has 3 heterocycles. The predicted molar refractivity (Wildman–Crippen MR) is 157 cm³/mol. The van der Waals surface area contributed by atoms with Crippen molar-refractivity contribution in [3.8, 4) is 5.75 Å². The Morgan fingerprint density at radius 1 is 1.15 bits per heavy atom. The second-order valence-electron chi connectivity index (χ2n) is 11.4. The Balaban J connectivity index is 1.70. The van der Waals surface area contributed by atoms with E-state index in [4.69, 9.17) is 9.47 Å². The number of aliphatic hydroxyl groups is 1. The molecule has 1 spiro atoms. The number of unbranched alkanes of at least 4 members (excludes halogenated alkanes) is 2. The number of hydrogen-bond acceptors (Lipinski definition) is 6. The molecule has 1 aromatic carbocycles. The standard InChI is InChI=1S/C32H45N3O6/c1-6-18-33(22(4)5)31(39)28-32-17-16-25(41-32)26(27(32)30(38)35(28)20-10-9-11-21-36)29(37)34(19-7-2)23-12-14-24(15-13-23)40-8-3/h6-7,12-15,22,25-28,36H,1-2,8-11,16-21H2,3-5H3/t25-,26+,27-,28?,32?/m0/s1. The summed E-state index contributed by atoms with van der Waals surface area (Å²) < 4.78 is 12.2. The first-order valence-electron chi connectivity index (χ1n) is 14.9. The molecule has 9 heteroatoms. The number of benzene rings is 1. The van der Waals surface area contributed by atoms with E-state index >= 15 is 0 Å². The van der Waals surface area contributed by atoms with Gasteiger partial charge in [0.25, 0.3) is 0 Å². The van der Waals surface area contributed by atoms with E-state index in [0.717, 1.165) is 6.42 Å². The molecule has 3 aliphatic heterocycles. The van der Waals surface area contributed by atoms with Gasteiger partial charge in [-0.15, -0.1) is 13.2 Å². The SMILES string of the molecule is C=CCN(C(=O)[C@@H]1[C@@H]2CCC3(O2)C(C(=O)N(CC=C)C(C)C)N(CCCCCO)C(=O)[C@H]13)c1ccc(OCC)cc1. The van der Waals surface area contributed by atoms with E-state index in [0.29, 0.717) is 56.8 Å². The third-order valence-corrected chi connectivity index (χ3v) is 8.65. The highest BCUT2D eigenvalue weighted by atomic mass is 16.5. The first-order chi connectivity index (χ1) is 19.7. The van der Waals surface area contributed by atoms with Crippen LogP contribution in [-0.2, 0) is 19.1 Å². The summed E-state index contributed by atoms with van der Waals surface area (Å²) >= 11 is 0. The number of carbonyl (C=O) groups excluding carboxylic acids is 3. The Morgan fingerprint density at radius 3 is 2.46 bits per heavy atom. The molecule has 2 unspecified atom stereocenters. The van der Waals surface area contributed by atoms with Gasteiger partial charge in [0, 0.05) is 38.0 Å². The Morgan fingerprint density at radius 2 is 1.85 bits per heavy atom. The fourth-order valence-electron chi connectivity index (χ4n) is 6.90. The monoisotopic (exact) mass is 567 g/mol. The summed E-state index contributed by atoms with van der Waals surface area (Å²) in [6.07, 6.45) is 6.09. The first-order valence-corrected chi connectivity index (χ1v) is 14.9. The number of nitrogens with zero attached hydrogens (tertiary/aromatic N) is 3. The number of rotatable bonds is 15. The molecule has 0 aromatic heterocycles. The quantitative estimate of drug-likeness (QED) is 0.257. The summed E-state index contributed by atoms with van der Waals surface area (Å²) in [5, 5.41) is 9.26. The number of anilines is 1. The van der Waals surface area contributed by atoms with Crippen molar-refractivity contribution in [3.63, 3.8) is 0 Å². The summed E-state index contributed by atoms with van der Waals surface area (Å²) in [5.74, 6) is -1.29. The minimum atomic E-state index is -1.05. The van der Waals surface area contributed by atoms with Crippen molar-refractivity contribution >= 4 is 23.4 Å². The van der Waals surface area contributed by atoms with Gasteiger partial charge in [-0.2, -0.15) is 0 Å². The van der Waals surface area contributed by atoms with Gasteiger partial charge in [0.05, 0.1) is 24.5 Å². The maximum Gasteiger partial charge on any atom is 0.248 e. The highest BCUT2D eigenvalue weighted by Crippen LogP contribution is 2.59. The average Bonchev–Trinajstić information content (AvgIpc) is 3.60. The molecule has 224 valence electrons. The largest absolute Gasteiger partial charge is 0.494 e. The van der Waals surface area contributed by atoms with Crippen molar-refractivity contribution in [3.05, 3.63) is 49.6 Å². The zero-order valence-corrected chi connectivity index (χ0v) is 24.7. The lowest BCUT2D eigenvalue weighted by molar-refractivity contribution is -0.149. The van der Waals surface area contributed by atoms with E-state index in [2.05, 4.69) is 13.2 Å². The van der Waals surface area contributed by atoms with Crippen LogP contribution in [0.15, 0.2) is 49.6 Å². The second kappa shape index (κ2) is 13.2. The fraction of sp³-hybridized carbons (Fsp3) is 0.594. The molecule has 3 aliphatic rings. The molecule has 1 aromatic rings. The number of likely N-dealkylation sites (tertiary alicyclic amines) is 1. The lowest BCUT2D eigenvalue weighted by atomic mass is 9.70. The number of fused-ring (bicyclic) bond motifs is 1. The van der Waals surface area contributed by atoms with Gasteiger partial charge in [0.15, 0.2) is 0 Å². The number of amides is 3. The third-order valence-electron chi connectivity index (χ3n) is 8.65. The predicted octanol–water partition coefficient (Wildman–Crippen LogP) is 3.56. The van der Waals surface area contributed by atoms with E-state index in [1.807, 2.05) is 45.0 Å². The summed E-state index contributed by atoms with van der Waals surface area (Å²) in [4.78, 5) is 47.8. The van der Waals surface area contributed by atoms with E-state index in [9.17, 15) is 19.5 Å². The van der Waals surface area contributed by atoms with Gasteiger partial charge in [-0.3, -0.25) is 14.4 Å². The molecule has 0 saturated carbocycles. The van der Waals surface area contributed by atoms with E-state index in [1.54, 1.807) is 26.9 Å². The van der Waals surface area contributed by atoms with Gasteiger partial charge >= 0.3 is 0 Å². The minimum Gasteiger partial charge on any atom is -0.494 e. The van der Waals surface area contributed by atoms with E-state index in [1.165, 1.54) is 0 Å². The Bertz CT molecular complexity index is 1120. The average molecular weight is 568 g/mol. The van der Waals surface area contributed by atoms with Crippen LogP contribution in [0.1, 0.15) is 52.9 Å². The maximum absolute atomic E-state index is 14.3. The van der Waals surface area contributed by atoms with E-state index < -0.39 is 29.6 Å². The molecule has 0 aliphatic carbocycles. The molecule has 0 radical (unpaired) electrons. The molecular weight excluding hydrogens is 522 g/mol. The molecule has 3 fully saturated rings. The van der Waals surface area contributed by atoms with Gasteiger partial charge in [0.1, 0.15) is 17.4 Å². The number of carbonyl (C=O) groups is 3. The Hall–Kier alpha value is -3.17. The number of aliphatic hydroxyl groups excluding tert-OH is 1. The van der Waals surface area contributed by atoms with Crippen LogP contribution in [0.2, 0.25) is 0 Å². The summed E-state index contributed by atoms with van der Waals surface area (Å²) in [7, 11) is 0. The fourth-order valence-corrected chi connectivity index (χ4v) is 6.90. The molecule has 3 saturated heterocycles. The van der Waals surface area contributed by atoms with Crippen LogP contribution < -0.4 is 9.64 Å². The van der Waals surface area contributed by atoms with Crippen LogP contribution in [-0.4, -0.2) is 89.3 Å². The summed E-state index contributed by atoms with van der Waals surface area (Å²) in [6.45, 7) is 15.1. The van der Waals surface area contributed by atoms with Gasteiger partial charge in [-0.25, -0.2) is 0 Å². The molecule has 41 heavy (non-hydrogen) atoms. The smallest absolute Gasteiger partial charge is 0.248 e. The number of hydrogen-bond donors (Lipinski definition) is 1. The van der Waals surface area contributed by atoms with Crippen LogP contribution in [0.3, 0.4) is 0 Å². The summed E-state index contributed by atoms with van der Waals surface area (Å²) in [6, 6.07) is 6.42. The molecule has 1 N–H and O–H groups in total. The molecule has 2 bridgehead atoms. The van der Waals surface area contributed by atoms with Gasteiger partial charge in [0.2, 0.25) is 17.7 Å². The minimum absolute atomic E-state index is 0.0788. The lowest BCUT2D eigenvalue weighted by Gasteiger charge is -2.38. The van der Waals surface area contributed by atoms with Gasteiger partial charge < -0.3 is 29.3 Å². The van der Waals surface area contributed by atoms with Crippen molar-refractivity contribution in [1.29, 1.82) is 0 Å². The normalized spacial score (nSPS) is 26.3. The van der Waals surface area contributed by atoms with Crippen molar-refractivity contribution in [2.45, 2.75) is 76.7 Å². The highest BCUT2D eigenvalue weighted by Gasteiger charge is 2.74. The molecule has 5 atom stereocenters. The van der Waals surface area contributed by atoms with Crippen molar-refractivity contribution in [2.75, 3.05) is 37.7 Å². The first kappa shape index (κ1) is 30.8. The Kier molecular flexibility index (Phi) is 9.92. The van der Waals surface area contributed by atoms with Crippen molar-refractivity contribution in [1.82, 2.24) is 9.80 Å². The van der Waals surface area contributed by atoms with Crippen molar-refractivity contribution in [2.24, 2.45) is 11.8 Å². The van der Waals surface area contributed by atoms with Crippen LogP contribution in [0, 0.1) is 11.8 Å². The van der Waals surface area contributed by atoms with E-state index in [-0.39, 0.29) is 36.9 Å². The van der Waals surface area contributed by atoms with Crippen LogP contribution in [0.5, 0.6) is 5.75 Å². The molecule has 9 nitrogen and oxygen atoms in total. The third kappa shape index (κ3) is 5.66. The zero-order chi connectivity index (χ0) is 29.7. The van der Waals surface area contributed by atoms with Crippen molar-refractivity contribution < 1.29 is 29.0 Å². The van der Waals surface area contributed by atoms with Crippen LogP contribution in [0.4, 0.5) is 5.69 Å². The van der Waals surface area contributed by atoms with Gasteiger partial charge in [-0.1, -0.05) is 12.2 Å².